The quantitative estimate of drug-likeness (QED) is 0.818. The van der Waals surface area contributed by atoms with Gasteiger partial charge in [-0.1, -0.05) is 11.6 Å². The first-order valence-electron chi connectivity index (χ1n) is 3.99. The maximum Gasteiger partial charge on any atom is 0.233 e. The third-order valence-electron chi connectivity index (χ3n) is 1.50. The Morgan fingerprint density at radius 3 is 2.36 bits per heavy atom. The summed E-state index contributed by atoms with van der Waals surface area (Å²) in [7, 11) is -3.32. The summed E-state index contributed by atoms with van der Waals surface area (Å²) in [6, 6.07) is 6.41. The molecule has 0 aliphatic carbocycles. The largest absolute Gasteiger partial charge is 0.329 e. The van der Waals surface area contributed by atoms with Crippen molar-refractivity contribution in [1.29, 1.82) is 0 Å². The first-order valence-corrected chi connectivity index (χ1v) is 6.02. The van der Waals surface area contributed by atoms with Crippen molar-refractivity contribution in [2.24, 2.45) is 5.73 Å². The van der Waals surface area contributed by atoms with Crippen LogP contribution in [-0.4, -0.2) is 20.7 Å². The molecule has 4 nitrogen and oxygen atoms in total. The molecule has 0 amide bonds. The van der Waals surface area contributed by atoms with Gasteiger partial charge in [-0.05, 0) is 24.3 Å². The van der Waals surface area contributed by atoms with Crippen LogP contribution >= 0.6 is 11.6 Å². The summed E-state index contributed by atoms with van der Waals surface area (Å²) >= 11 is 5.65. The van der Waals surface area contributed by atoms with Gasteiger partial charge in [0.1, 0.15) is 0 Å². The third-order valence-corrected chi connectivity index (χ3v) is 3.08. The normalized spacial score (nSPS) is 11.3. The van der Waals surface area contributed by atoms with Crippen LogP contribution in [0.1, 0.15) is 0 Å². The molecular weight excluding hydrogens is 224 g/mol. The SMILES string of the molecule is NCCS(=O)(=O)Nc1ccc(Cl)cc1. The maximum atomic E-state index is 11.3. The molecule has 0 atom stereocenters. The Morgan fingerprint density at radius 2 is 1.86 bits per heavy atom. The third kappa shape index (κ3) is 3.53. The molecule has 0 bridgehead atoms. The summed E-state index contributed by atoms with van der Waals surface area (Å²) in [6.45, 7) is 0.100. The molecule has 1 aromatic carbocycles. The molecule has 0 radical (unpaired) electrons. The highest BCUT2D eigenvalue weighted by atomic mass is 35.5. The second-order valence-electron chi connectivity index (χ2n) is 2.72. The fourth-order valence-electron chi connectivity index (χ4n) is 0.904. The van der Waals surface area contributed by atoms with Crippen LogP contribution in [0.15, 0.2) is 24.3 Å². The van der Waals surface area contributed by atoms with Crippen molar-refractivity contribution in [1.82, 2.24) is 0 Å². The van der Waals surface area contributed by atoms with Gasteiger partial charge < -0.3 is 5.73 Å². The molecule has 0 fully saturated rings. The zero-order valence-corrected chi connectivity index (χ0v) is 8.98. The lowest BCUT2D eigenvalue weighted by atomic mass is 10.3. The van der Waals surface area contributed by atoms with E-state index in [-0.39, 0.29) is 12.3 Å². The average molecular weight is 235 g/mol. The smallest absolute Gasteiger partial charge is 0.233 e. The van der Waals surface area contributed by atoms with Crippen LogP contribution in [-0.2, 0) is 10.0 Å². The number of halogens is 1. The Labute approximate surface area is 88.1 Å². The predicted molar refractivity (Wildman–Crippen MR) is 57.9 cm³/mol. The van der Waals surface area contributed by atoms with Gasteiger partial charge in [0, 0.05) is 17.3 Å². The molecule has 0 spiro atoms. The minimum atomic E-state index is -3.32. The van der Waals surface area contributed by atoms with Crippen molar-refractivity contribution in [2.75, 3.05) is 17.0 Å². The number of benzene rings is 1. The number of hydrogen-bond donors (Lipinski definition) is 2. The van der Waals surface area contributed by atoms with Crippen molar-refractivity contribution < 1.29 is 8.42 Å². The van der Waals surface area contributed by atoms with E-state index in [2.05, 4.69) is 4.72 Å². The maximum absolute atomic E-state index is 11.3. The van der Waals surface area contributed by atoms with Gasteiger partial charge in [-0.3, -0.25) is 4.72 Å². The van der Waals surface area contributed by atoms with Crippen LogP contribution in [0.2, 0.25) is 5.02 Å². The average Bonchev–Trinajstić information content (AvgIpc) is 2.08. The van der Waals surface area contributed by atoms with Crippen LogP contribution in [0.3, 0.4) is 0 Å². The summed E-state index contributed by atoms with van der Waals surface area (Å²) < 4.78 is 24.9. The first kappa shape index (κ1) is 11.3. The Kier molecular flexibility index (Phi) is 3.74. The number of anilines is 1. The molecule has 0 unspecified atom stereocenters. The Bertz CT molecular complexity index is 388. The monoisotopic (exact) mass is 234 g/mol. The van der Waals surface area contributed by atoms with E-state index in [1.54, 1.807) is 24.3 Å². The summed E-state index contributed by atoms with van der Waals surface area (Å²) in [5, 5.41) is 0.562. The standard InChI is InChI=1S/C8H11ClN2O2S/c9-7-1-3-8(4-2-7)11-14(12,13)6-5-10/h1-4,11H,5-6,10H2. The number of rotatable bonds is 4. The number of sulfonamides is 1. The fourth-order valence-corrected chi connectivity index (χ4v) is 1.94. The van der Waals surface area contributed by atoms with Crippen molar-refractivity contribution in [3.63, 3.8) is 0 Å². The summed E-state index contributed by atoms with van der Waals surface area (Å²) in [4.78, 5) is 0. The number of hydrogen-bond acceptors (Lipinski definition) is 3. The highest BCUT2D eigenvalue weighted by Crippen LogP contribution is 2.14. The zero-order chi connectivity index (χ0) is 10.6. The minimum absolute atomic E-state index is 0.0877. The highest BCUT2D eigenvalue weighted by Gasteiger charge is 2.07. The Balaban J connectivity index is 2.74. The van der Waals surface area contributed by atoms with Crippen LogP contribution in [0, 0.1) is 0 Å². The molecule has 6 heteroatoms. The molecule has 0 aromatic heterocycles. The molecular formula is C8H11ClN2O2S. The lowest BCUT2D eigenvalue weighted by Gasteiger charge is -2.06. The topological polar surface area (TPSA) is 72.2 Å². The summed E-state index contributed by atoms with van der Waals surface area (Å²) in [5.74, 6) is -0.0877. The lowest BCUT2D eigenvalue weighted by Crippen LogP contribution is -2.22. The first-order chi connectivity index (χ1) is 6.53. The fraction of sp³-hybridized carbons (Fsp3) is 0.250. The van der Waals surface area contributed by atoms with E-state index in [9.17, 15) is 8.42 Å². The van der Waals surface area contributed by atoms with E-state index in [4.69, 9.17) is 17.3 Å². The van der Waals surface area contributed by atoms with E-state index in [0.717, 1.165) is 0 Å². The molecule has 3 N–H and O–H groups in total. The van der Waals surface area contributed by atoms with Gasteiger partial charge in [0.15, 0.2) is 0 Å². The van der Waals surface area contributed by atoms with Gasteiger partial charge in [-0.25, -0.2) is 8.42 Å². The van der Waals surface area contributed by atoms with Crippen LogP contribution in [0.25, 0.3) is 0 Å². The molecule has 1 aromatic rings. The van der Waals surface area contributed by atoms with Gasteiger partial charge in [0.05, 0.1) is 5.75 Å². The molecule has 0 aliphatic rings. The van der Waals surface area contributed by atoms with Crippen LogP contribution in [0.5, 0.6) is 0 Å². The second kappa shape index (κ2) is 4.63. The zero-order valence-electron chi connectivity index (χ0n) is 7.40. The van der Waals surface area contributed by atoms with Crippen LogP contribution < -0.4 is 10.5 Å². The van der Waals surface area contributed by atoms with Crippen molar-refractivity contribution in [3.05, 3.63) is 29.3 Å². The van der Waals surface area contributed by atoms with E-state index < -0.39 is 10.0 Å². The summed E-state index contributed by atoms with van der Waals surface area (Å²) in [5.41, 5.74) is 5.64. The van der Waals surface area contributed by atoms with Crippen molar-refractivity contribution in [2.45, 2.75) is 0 Å². The Morgan fingerprint density at radius 1 is 1.29 bits per heavy atom. The van der Waals surface area contributed by atoms with Crippen molar-refractivity contribution in [3.8, 4) is 0 Å². The van der Waals surface area contributed by atoms with Gasteiger partial charge >= 0.3 is 0 Å². The second-order valence-corrected chi connectivity index (χ2v) is 4.99. The molecule has 0 aliphatic heterocycles. The van der Waals surface area contributed by atoms with Gasteiger partial charge in [0.25, 0.3) is 0 Å². The van der Waals surface area contributed by atoms with Gasteiger partial charge in [-0.2, -0.15) is 0 Å². The molecule has 78 valence electrons. The van der Waals surface area contributed by atoms with Crippen molar-refractivity contribution >= 4 is 27.3 Å². The summed E-state index contributed by atoms with van der Waals surface area (Å²) in [6.07, 6.45) is 0. The van der Waals surface area contributed by atoms with Gasteiger partial charge in [-0.15, -0.1) is 0 Å². The molecule has 0 heterocycles. The van der Waals surface area contributed by atoms with E-state index in [1.807, 2.05) is 0 Å². The molecule has 1 rings (SSSR count). The molecule has 14 heavy (non-hydrogen) atoms. The minimum Gasteiger partial charge on any atom is -0.329 e. The van der Waals surface area contributed by atoms with E-state index >= 15 is 0 Å². The van der Waals surface area contributed by atoms with Crippen LogP contribution in [0.4, 0.5) is 5.69 Å². The number of nitrogens with two attached hydrogens (primary N) is 1. The van der Waals surface area contributed by atoms with E-state index in [1.165, 1.54) is 0 Å². The predicted octanol–water partition coefficient (Wildman–Crippen LogP) is 1.04. The Hall–Kier alpha value is -0.780. The number of nitrogens with one attached hydrogen (secondary N) is 1. The lowest BCUT2D eigenvalue weighted by molar-refractivity contribution is 0.601. The van der Waals surface area contributed by atoms with E-state index in [0.29, 0.717) is 10.7 Å². The molecule has 0 saturated carbocycles. The highest BCUT2D eigenvalue weighted by molar-refractivity contribution is 7.92. The molecule has 0 saturated heterocycles. The van der Waals surface area contributed by atoms with Gasteiger partial charge in [0.2, 0.25) is 10.0 Å².